The third-order valence-corrected chi connectivity index (χ3v) is 12.7. The Morgan fingerprint density at radius 2 is 0.652 bits per heavy atom. The average molecular weight is 955 g/mol. The molecule has 0 aliphatic carbocycles. The second kappa shape index (κ2) is 59.1. The summed E-state index contributed by atoms with van der Waals surface area (Å²) in [7, 11) is 0. The maximum absolute atomic E-state index is 12.5. The molecule has 0 rings (SSSR count). The number of allylic oxidation sites excluding steroid dienone is 19. The minimum Gasteiger partial charge on any atom is -0.394 e. The molecular weight excluding hydrogens is 843 g/mol. The number of aliphatic hydroxyl groups is 2. The fourth-order valence-electron chi connectivity index (χ4n) is 8.25. The van der Waals surface area contributed by atoms with E-state index in [1.165, 1.54) is 154 Å². The molecule has 0 fully saturated rings. The van der Waals surface area contributed by atoms with Crippen LogP contribution in [0.15, 0.2) is 122 Å². The number of carbonyl (C=O) groups excluding carboxylic acids is 1. The Labute approximate surface area is 428 Å². The third-order valence-electron chi connectivity index (χ3n) is 12.7. The van der Waals surface area contributed by atoms with Gasteiger partial charge in [-0.25, -0.2) is 0 Å². The molecule has 0 aromatic heterocycles. The monoisotopic (exact) mass is 954 g/mol. The van der Waals surface area contributed by atoms with Crippen molar-refractivity contribution in [3.8, 4) is 0 Å². The van der Waals surface area contributed by atoms with Crippen LogP contribution < -0.4 is 5.32 Å². The molecule has 2 unspecified atom stereocenters. The molecule has 0 aromatic carbocycles. The standard InChI is InChI=1S/C65H111NO3/c1-3-5-7-9-11-13-15-17-19-21-23-25-27-29-30-31-32-33-34-35-36-37-39-41-43-45-47-49-51-53-55-57-59-61-65(69)66-63(62-67)64(68)60-58-56-54-52-50-48-46-44-42-40-38-28-26-24-22-20-18-16-14-12-10-8-6-4-2/h5,7,11,13,17,19,23,25,29-30,32-33,35-36,42,44,50,52,58,60,63-64,67-68H,3-4,6,8-10,12,14-16,18,20-22,24,26-28,31,34,37-41,43,45-49,51,53-57,59,61-62H2,1-2H3,(H,66,69)/b7-5-,13-11-,19-17-,25-23-,30-29-,33-32-,36-35-,44-42+,52-50+,60-58+. The zero-order chi connectivity index (χ0) is 49.9. The van der Waals surface area contributed by atoms with E-state index in [9.17, 15) is 15.0 Å². The van der Waals surface area contributed by atoms with Gasteiger partial charge < -0.3 is 15.5 Å². The Hall–Kier alpha value is -3.21. The molecule has 0 saturated heterocycles. The van der Waals surface area contributed by atoms with Gasteiger partial charge in [-0.2, -0.15) is 0 Å². The molecule has 2 atom stereocenters. The molecule has 0 spiro atoms. The number of nitrogens with one attached hydrogen (secondary N) is 1. The maximum atomic E-state index is 12.5. The largest absolute Gasteiger partial charge is 0.394 e. The van der Waals surface area contributed by atoms with Gasteiger partial charge in [0.1, 0.15) is 0 Å². The molecular formula is C65H111NO3. The fourth-order valence-corrected chi connectivity index (χ4v) is 8.25. The van der Waals surface area contributed by atoms with Crippen LogP contribution in [0.4, 0.5) is 0 Å². The number of hydrogen-bond donors (Lipinski definition) is 3. The highest BCUT2D eigenvalue weighted by Gasteiger charge is 2.18. The molecule has 0 aliphatic heterocycles. The third kappa shape index (κ3) is 55.6. The summed E-state index contributed by atoms with van der Waals surface area (Å²) in [5.74, 6) is -0.0848. The van der Waals surface area contributed by atoms with E-state index < -0.39 is 12.1 Å². The van der Waals surface area contributed by atoms with Crippen LogP contribution in [0.2, 0.25) is 0 Å². The lowest BCUT2D eigenvalue weighted by Crippen LogP contribution is -2.45. The second-order valence-corrected chi connectivity index (χ2v) is 19.3. The summed E-state index contributed by atoms with van der Waals surface area (Å²) in [5.41, 5.74) is 0. The van der Waals surface area contributed by atoms with E-state index in [0.29, 0.717) is 6.42 Å². The number of amides is 1. The Bertz CT molecular complexity index is 1360. The Kier molecular flexibility index (Phi) is 56.4. The predicted molar refractivity (Wildman–Crippen MR) is 308 cm³/mol. The Morgan fingerprint density at radius 1 is 0.362 bits per heavy atom. The number of unbranched alkanes of at least 4 members (excludes halogenated alkanes) is 27. The summed E-state index contributed by atoms with van der Waals surface area (Å²) in [5, 5.41) is 23.2. The normalized spacial score (nSPS) is 13.7. The maximum Gasteiger partial charge on any atom is 0.220 e. The zero-order valence-electron chi connectivity index (χ0n) is 45.3. The topological polar surface area (TPSA) is 69.6 Å². The quantitative estimate of drug-likeness (QED) is 0.0420. The average Bonchev–Trinajstić information content (AvgIpc) is 3.35. The molecule has 69 heavy (non-hydrogen) atoms. The lowest BCUT2D eigenvalue weighted by molar-refractivity contribution is -0.123. The highest BCUT2D eigenvalue weighted by Crippen LogP contribution is 2.15. The van der Waals surface area contributed by atoms with E-state index in [2.05, 4.69) is 129 Å². The summed E-state index contributed by atoms with van der Waals surface area (Å²) >= 11 is 0. The summed E-state index contributed by atoms with van der Waals surface area (Å²) < 4.78 is 0. The van der Waals surface area contributed by atoms with Gasteiger partial charge in [0.2, 0.25) is 5.91 Å². The highest BCUT2D eigenvalue weighted by atomic mass is 16.3. The van der Waals surface area contributed by atoms with E-state index in [-0.39, 0.29) is 12.5 Å². The van der Waals surface area contributed by atoms with Crippen molar-refractivity contribution in [1.82, 2.24) is 5.32 Å². The van der Waals surface area contributed by atoms with Crippen molar-refractivity contribution >= 4 is 5.91 Å². The summed E-state index contributed by atoms with van der Waals surface area (Å²) in [4.78, 5) is 12.5. The zero-order valence-corrected chi connectivity index (χ0v) is 45.3. The van der Waals surface area contributed by atoms with Gasteiger partial charge in [-0.15, -0.1) is 0 Å². The first-order valence-electron chi connectivity index (χ1n) is 29.2. The van der Waals surface area contributed by atoms with Crippen molar-refractivity contribution in [2.45, 2.75) is 276 Å². The van der Waals surface area contributed by atoms with Gasteiger partial charge in [-0.3, -0.25) is 4.79 Å². The molecule has 4 heteroatoms. The first-order valence-corrected chi connectivity index (χ1v) is 29.2. The van der Waals surface area contributed by atoms with Crippen LogP contribution in [0.3, 0.4) is 0 Å². The van der Waals surface area contributed by atoms with Crippen LogP contribution in [0.25, 0.3) is 0 Å². The molecule has 0 bridgehead atoms. The first-order chi connectivity index (χ1) is 34.2. The molecule has 394 valence electrons. The van der Waals surface area contributed by atoms with E-state index in [1.54, 1.807) is 6.08 Å². The lowest BCUT2D eigenvalue weighted by atomic mass is 10.0. The van der Waals surface area contributed by atoms with E-state index in [0.717, 1.165) is 89.9 Å². The highest BCUT2D eigenvalue weighted by molar-refractivity contribution is 5.76. The van der Waals surface area contributed by atoms with E-state index in [4.69, 9.17) is 0 Å². The minimum atomic E-state index is -0.880. The van der Waals surface area contributed by atoms with Gasteiger partial charge >= 0.3 is 0 Å². The van der Waals surface area contributed by atoms with Crippen molar-refractivity contribution in [1.29, 1.82) is 0 Å². The van der Waals surface area contributed by atoms with Crippen LogP contribution in [0.1, 0.15) is 264 Å². The van der Waals surface area contributed by atoms with Crippen LogP contribution in [0, 0.1) is 0 Å². The molecule has 0 saturated carbocycles. The molecule has 1 amide bonds. The molecule has 0 radical (unpaired) electrons. The molecule has 0 aliphatic rings. The first kappa shape index (κ1) is 65.8. The predicted octanol–water partition coefficient (Wildman–Crippen LogP) is 19.6. The SMILES string of the molecule is CC/C=C\C/C=C\C/C=C\C/C=C\C/C=C\C/C=C\C/C=C\CCCCCCCCCCCCCC(=O)NC(CO)C(O)/C=C/CC/C=C/CC/C=C/CCCCCCCCCCCCCCCC. The van der Waals surface area contributed by atoms with E-state index in [1.807, 2.05) is 6.08 Å². The Balaban J connectivity index is 3.62. The Morgan fingerprint density at radius 3 is 1.01 bits per heavy atom. The van der Waals surface area contributed by atoms with Crippen molar-refractivity contribution < 1.29 is 15.0 Å². The van der Waals surface area contributed by atoms with Crippen LogP contribution in [-0.4, -0.2) is 34.9 Å². The van der Waals surface area contributed by atoms with Crippen LogP contribution in [-0.2, 0) is 4.79 Å². The van der Waals surface area contributed by atoms with Crippen molar-refractivity contribution in [3.05, 3.63) is 122 Å². The molecule has 0 aromatic rings. The number of hydrogen-bond acceptors (Lipinski definition) is 3. The molecule has 4 nitrogen and oxygen atoms in total. The van der Waals surface area contributed by atoms with Crippen molar-refractivity contribution in [2.75, 3.05) is 6.61 Å². The van der Waals surface area contributed by atoms with Crippen LogP contribution in [0.5, 0.6) is 0 Å². The van der Waals surface area contributed by atoms with Crippen molar-refractivity contribution in [3.63, 3.8) is 0 Å². The minimum absolute atomic E-state index is 0.0848. The summed E-state index contributed by atoms with van der Waals surface area (Å²) in [6, 6.07) is -0.656. The van der Waals surface area contributed by atoms with Gasteiger partial charge in [0.15, 0.2) is 0 Å². The second-order valence-electron chi connectivity index (χ2n) is 19.3. The number of carbonyl (C=O) groups is 1. The van der Waals surface area contributed by atoms with Gasteiger partial charge in [-0.1, -0.05) is 277 Å². The molecule has 3 N–H and O–H groups in total. The lowest BCUT2D eigenvalue weighted by Gasteiger charge is -2.19. The molecule has 0 heterocycles. The summed E-state index contributed by atoms with van der Waals surface area (Å²) in [6.07, 6.45) is 90.7. The summed E-state index contributed by atoms with van der Waals surface area (Å²) in [6.45, 7) is 4.19. The van der Waals surface area contributed by atoms with Gasteiger partial charge in [0.25, 0.3) is 0 Å². The van der Waals surface area contributed by atoms with Gasteiger partial charge in [0, 0.05) is 6.42 Å². The number of rotatable bonds is 52. The van der Waals surface area contributed by atoms with Crippen molar-refractivity contribution in [2.24, 2.45) is 0 Å². The fraction of sp³-hybridized carbons (Fsp3) is 0.677. The smallest absolute Gasteiger partial charge is 0.220 e. The van der Waals surface area contributed by atoms with Crippen LogP contribution >= 0.6 is 0 Å². The van der Waals surface area contributed by atoms with Gasteiger partial charge in [0.05, 0.1) is 18.8 Å². The van der Waals surface area contributed by atoms with E-state index >= 15 is 0 Å². The van der Waals surface area contributed by atoms with Gasteiger partial charge in [-0.05, 0) is 103 Å². The number of aliphatic hydroxyl groups excluding tert-OH is 2.